The van der Waals surface area contributed by atoms with E-state index in [0.29, 0.717) is 6.42 Å². The molecule has 0 radical (unpaired) electrons. The first kappa shape index (κ1) is 13.9. The van der Waals surface area contributed by atoms with E-state index in [4.69, 9.17) is 0 Å². The molecule has 17 heavy (non-hydrogen) atoms. The van der Waals surface area contributed by atoms with Gasteiger partial charge >= 0.3 is 6.18 Å². The largest absolute Gasteiger partial charge is 0.416 e. The molecule has 96 valence electrons. The van der Waals surface area contributed by atoms with E-state index < -0.39 is 24.1 Å². The summed E-state index contributed by atoms with van der Waals surface area (Å²) in [4.78, 5) is 0. The van der Waals surface area contributed by atoms with E-state index in [9.17, 15) is 22.0 Å². The molecule has 0 atom stereocenters. The van der Waals surface area contributed by atoms with Crippen molar-refractivity contribution >= 4 is 0 Å². The highest BCUT2D eigenvalue weighted by molar-refractivity contribution is 5.26. The van der Waals surface area contributed by atoms with Gasteiger partial charge in [0.2, 0.25) is 0 Å². The lowest BCUT2D eigenvalue weighted by atomic mass is 10.0. The fourth-order valence-corrected chi connectivity index (χ4v) is 1.61. The highest BCUT2D eigenvalue weighted by Crippen LogP contribution is 2.31. The average Bonchev–Trinajstić information content (AvgIpc) is 2.15. The normalized spacial score (nSPS) is 12.8. The van der Waals surface area contributed by atoms with Gasteiger partial charge in [0.1, 0.15) is 0 Å². The van der Waals surface area contributed by atoms with E-state index in [1.807, 2.05) is 0 Å². The summed E-state index contributed by atoms with van der Waals surface area (Å²) >= 11 is 0. The van der Waals surface area contributed by atoms with Crippen molar-refractivity contribution in [3.05, 3.63) is 35.4 Å². The number of alkyl halides is 5. The fraction of sp³-hybridized carbons (Fsp3) is 0.500. The Morgan fingerprint density at radius 1 is 1.06 bits per heavy atom. The van der Waals surface area contributed by atoms with Gasteiger partial charge in [-0.2, -0.15) is 13.2 Å². The van der Waals surface area contributed by atoms with Gasteiger partial charge < -0.3 is 0 Å². The van der Waals surface area contributed by atoms with E-state index in [2.05, 4.69) is 0 Å². The third kappa shape index (κ3) is 4.32. The summed E-state index contributed by atoms with van der Waals surface area (Å²) in [5.41, 5.74) is -0.874. The summed E-state index contributed by atoms with van der Waals surface area (Å²) in [5.74, 6) is -2.95. The second-order valence-corrected chi connectivity index (χ2v) is 3.98. The Kier molecular flexibility index (Phi) is 4.11. The van der Waals surface area contributed by atoms with Crippen molar-refractivity contribution in [2.24, 2.45) is 0 Å². The SMILES string of the molecule is CCCC(F)(F)Cc1cccc(C(F)(F)F)c1. The molecule has 0 heterocycles. The maximum Gasteiger partial charge on any atom is 0.416 e. The molecule has 0 saturated carbocycles. The monoisotopic (exact) mass is 252 g/mol. The molecule has 0 spiro atoms. The van der Waals surface area contributed by atoms with Gasteiger partial charge in [0.05, 0.1) is 5.56 Å². The van der Waals surface area contributed by atoms with Gasteiger partial charge in [0.15, 0.2) is 0 Å². The highest BCUT2D eigenvalue weighted by atomic mass is 19.4. The Morgan fingerprint density at radius 2 is 1.71 bits per heavy atom. The van der Waals surface area contributed by atoms with E-state index in [1.54, 1.807) is 6.92 Å². The molecular weight excluding hydrogens is 239 g/mol. The van der Waals surface area contributed by atoms with Gasteiger partial charge in [-0.15, -0.1) is 0 Å². The van der Waals surface area contributed by atoms with Crippen LogP contribution in [0.4, 0.5) is 22.0 Å². The third-order valence-electron chi connectivity index (χ3n) is 2.33. The van der Waals surface area contributed by atoms with Crippen molar-refractivity contribution in [2.75, 3.05) is 0 Å². The molecule has 0 aliphatic carbocycles. The lowest BCUT2D eigenvalue weighted by Crippen LogP contribution is -2.19. The van der Waals surface area contributed by atoms with E-state index in [0.717, 1.165) is 18.2 Å². The maximum atomic E-state index is 13.3. The Morgan fingerprint density at radius 3 is 2.24 bits per heavy atom. The van der Waals surface area contributed by atoms with Gasteiger partial charge in [0, 0.05) is 12.8 Å². The van der Waals surface area contributed by atoms with E-state index in [-0.39, 0.29) is 12.0 Å². The molecule has 0 unspecified atom stereocenters. The van der Waals surface area contributed by atoms with Crippen molar-refractivity contribution in [1.82, 2.24) is 0 Å². The number of halogens is 5. The fourth-order valence-electron chi connectivity index (χ4n) is 1.61. The first-order chi connectivity index (χ1) is 7.74. The van der Waals surface area contributed by atoms with Crippen molar-refractivity contribution in [1.29, 1.82) is 0 Å². The number of benzene rings is 1. The van der Waals surface area contributed by atoms with Crippen LogP contribution in [0, 0.1) is 0 Å². The Hall–Kier alpha value is -1.13. The van der Waals surface area contributed by atoms with E-state index in [1.165, 1.54) is 6.07 Å². The van der Waals surface area contributed by atoms with Crippen LogP contribution in [0.2, 0.25) is 0 Å². The van der Waals surface area contributed by atoms with Crippen LogP contribution in [0.15, 0.2) is 24.3 Å². The first-order valence-electron chi connectivity index (χ1n) is 5.28. The smallest absolute Gasteiger partial charge is 0.207 e. The Balaban J connectivity index is 2.86. The van der Waals surface area contributed by atoms with Gasteiger partial charge in [0.25, 0.3) is 5.92 Å². The zero-order valence-electron chi connectivity index (χ0n) is 9.32. The van der Waals surface area contributed by atoms with Crippen LogP contribution in [0.25, 0.3) is 0 Å². The standard InChI is InChI=1S/C12H13F5/c1-2-6-11(13,14)8-9-4-3-5-10(7-9)12(15,16)17/h3-5,7H,2,6,8H2,1H3. The van der Waals surface area contributed by atoms with Crippen LogP contribution in [-0.2, 0) is 12.6 Å². The van der Waals surface area contributed by atoms with Crippen molar-refractivity contribution in [3.63, 3.8) is 0 Å². The number of rotatable bonds is 4. The molecule has 0 amide bonds. The minimum absolute atomic E-state index is 0.0123. The summed E-state index contributed by atoms with van der Waals surface area (Å²) in [5, 5.41) is 0. The molecule has 5 heteroatoms. The zero-order valence-corrected chi connectivity index (χ0v) is 9.32. The molecule has 0 N–H and O–H groups in total. The lowest BCUT2D eigenvalue weighted by molar-refractivity contribution is -0.137. The summed E-state index contributed by atoms with van der Waals surface area (Å²) in [6, 6.07) is 4.10. The first-order valence-corrected chi connectivity index (χ1v) is 5.28. The van der Waals surface area contributed by atoms with Gasteiger partial charge in [-0.3, -0.25) is 0 Å². The molecule has 0 aliphatic rings. The number of hydrogen-bond donors (Lipinski definition) is 0. The molecule has 1 rings (SSSR count). The van der Waals surface area contributed by atoms with Crippen LogP contribution in [0.1, 0.15) is 30.9 Å². The molecule has 1 aromatic carbocycles. The minimum Gasteiger partial charge on any atom is -0.207 e. The maximum absolute atomic E-state index is 13.3. The third-order valence-corrected chi connectivity index (χ3v) is 2.33. The number of hydrogen-bond acceptors (Lipinski definition) is 0. The summed E-state index contributed by atoms with van der Waals surface area (Å²) in [6.07, 6.45) is -5.16. The molecule has 0 bridgehead atoms. The molecule has 0 fully saturated rings. The molecule has 0 aromatic heterocycles. The van der Waals surface area contributed by atoms with Gasteiger partial charge in [-0.25, -0.2) is 8.78 Å². The highest BCUT2D eigenvalue weighted by Gasteiger charge is 2.32. The lowest BCUT2D eigenvalue weighted by Gasteiger charge is -2.16. The second-order valence-electron chi connectivity index (χ2n) is 3.98. The summed E-state index contributed by atoms with van der Waals surface area (Å²) in [7, 11) is 0. The Labute approximate surface area is 96.4 Å². The minimum atomic E-state index is -4.49. The molecule has 1 aromatic rings. The van der Waals surface area contributed by atoms with Gasteiger partial charge in [-0.05, 0) is 11.6 Å². The molecular formula is C12H13F5. The van der Waals surface area contributed by atoms with Gasteiger partial charge in [-0.1, -0.05) is 31.5 Å². The Bertz CT molecular complexity index is 367. The molecule has 0 nitrogen and oxygen atoms in total. The molecule has 0 saturated heterocycles. The van der Waals surface area contributed by atoms with Crippen LogP contribution in [0.5, 0.6) is 0 Å². The van der Waals surface area contributed by atoms with E-state index >= 15 is 0 Å². The van der Waals surface area contributed by atoms with Crippen molar-refractivity contribution < 1.29 is 22.0 Å². The average molecular weight is 252 g/mol. The summed E-state index contributed by atoms with van der Waals surface area (Å²) in [6.45, 7) is 1.61. The molecule has 0 aliphatic heterocycles. The van der Waals surface area contributed by atoms with Crippen LogP contribution >= 0.6 is 0 Å². The topological polar surface area (TPSA) is 0 Å². The predicted octanol–water partition coefficient (Wildman–Crippen LogP) is 4.68. The van der Waals surface area contributed by atoms with Crippen LogP contribution in [-0.4, -0.2) is 5.92 Å². The second kappa shape index (κ2) is 5.02. The summed E-state index contributed by atoms with van der Waals surface area (Å²) < 4.78 is 63.6. The van der Waals surface area contributed by atoms with Crippen molar-refractivity contribution in [2.45, 2.75) is 38.3 Å². The quantitative estimate of drug-likeness (QED) is 0.682. The zero-order chi connectivity index (χ0) is 13.1. The van der Waals surface area contributed by atoms with Crippen LogP contribution < -0.4 is 0 Å². The van der Waals surface area contributed by atoms with Crippen molar-refractivity contribution in [3.8, 4) is 0 Å². The predicted molar refractivity (Wildman–Crippen MR) is 55.0 cm³/mol. The van der Waals surface area contributed by atoms with Crippen LogP contribution in [0.3, 0.4) is 0 Å².